The molecule has 3 rings (SSSR count). The fourth-order valence-electron chi connectivity index (χ4n) is 2.83. The first-order chi connectivity index (χ1) is 15.6. The number of nitrogens with one attached hydrogen (secondary N) is 1. The maximum Gasteiger partial charge on any atom is 0.338 e. The molecule has 0 saturated heterocycles. The first-order valence-corrected chi connectivity index (χ1v) is 11.1. The van der Waals surface area contributed by atoms with Crippen LogP contribution in [0.4, 0.5) is 14.5 Å². The molecular weight excluding hydrogens is 456 g/mol. The summed E-state index contributed by atoms with van der Waals surface area (Å²) in [5, 5.41) is 0. The van der Waals surface area contributed by atoms with Gasteiger partial charge in [-0.3, -0.25) is 9.52 Å². The second-order valence-electron chi connectivity index (χ2n) is 6.90. The summed E-state index contributed by atoms with van der Waals surface area (Å²) in [4.78, 5) is 24.6. The van der Waals surface area contributed by atoms with E-state index in [1.165, 1.54) is 44.4 Å². The lowest BCUT2D eigenvalue weighted by molar-refractivity contribution is 0.0318. The summed E-state index contributed by atoms with van der Waals surface area (Å²) < 4.78 is 64.3. The van der Waals surface area contributed by atoms with Gasteiger partial charge in [0, 0.05) is 11.3 Å². The Bertz CT molecular complexity index is 1290. The highest BCUT2D eigenvalue weighted by Gasteiger charge is 2.23. The minimum absolute atomic E-state index is 0.113. The maximum atomic E-state index is 13.4. The molecule has 1 atom stereocenters. The molecule has 1 unspecified atom stereocenters. The predicted octanol–water partition coefficient (Wildman–Crippen LogP) is 4.20. The van der Waals surface area contributed by atoms with Gasteiger partial charge in [-0.2, -0.15) is 0 Å². The Morgan fingerprint density at radius 2 is 1.61 bits per heavy atom. The number of hydrogen-bond acceptors (Lipinski definition) is 6. The lowest BCUT2D eigenvalue weighted by Gasteiger charge is -2.13. The minimum Gasteiger partial charge on any atom is -0.497 e. The molecule has 0 aliphatic carbocycles. The Balaban J connectivity index is 1.74. The summed E-state index contributed by atoms with van der Waals surface area (Å²) >= 11 is 0. The Kier molecular flexibility index (Phi) is 7.07. The van der Waals surface area contributed by atoms with Crippen molar-refractivity contribution in [1.29, 1.82) is 0 Å². The average Bonchev–Trinajstić information content (AvgIpc) is 2.80. The van der Waals surface area contributed by atoms with E-state index >= 15 is 0 Å². The lowest BCUT2D eigenvalue weighted by Crippen LogP contribution is -2.25. The third-order valence-corrected chi connectivity index (χ3v) is 5.96. The largest absolute Gasteiger partial charge is 0.497 e. The number of hydrogen-bond donors (Lipinski definition) is 1. The Hall–Kier alpha value is -3.79. The monoisotopic (exact) mass is 475 g/mol. The van der Waals surface area contributed by atoms with Gasteiger partial charge in [-0.05, 0) is 67.6 Å². The highest BCUT2D eigenvalue weighted by Crippen LogP contribution is 2.21. The van der Waals surface area contributed by atoms with Crippen molar-refractivity contribution in [1.82, 2.24) is 0 Å². The zero-order valence-electron chi connectivity index (χ0n) is 17.5. The molecule has 0 heterocycles. The standard InChI is InChI=1S/C23H19F2NO6S/c1-14(22(27)15-6-11-20(24)21(25)13-15)32-23(28)16-4-3-5-19(12-16)33(29,30)26-17-7-9-18(31-2)10-8-17/h3-14,26H,1-2H3. The number of esters is 1. The van der Waals surface area contributed by atoms with Crippen LogP contribution >= 0.6 is 0 Å². The van der Waals surface area contributed by atoms with Crippen molar-refractivity contribution < 1.29 is 36.3 Å². The van der Waals surface area contributed by atoms with E-state index in [-0.39, 0.29) is 21.7 Å². The molecule has 0 amide bonds. The molecule has 33 heavy (non-hydrogen) atoms. The number of ketones is 1. The quantitative estimate of drug-likeness (QED) is 0.387. The van der Waals surface area contributed by atoms with Gasteiger partial charge < -0.3 is 9.47 Å². The average molecular weight is 475 g/mol. The molecule has 172 valence electrons. The van der Waals surface area contributed by atoms with Crippen molar-refractivity contribution in [2.24, 2.45) is 0 Å². The molecule has 0 aromatic heterocycles. The first-order valence-electron chi connectivity index (χ1n) is 9.58. The summed E-state index contributed by atoms with van der Waals surface area (Å²) in [5.74, 6) is -3.47. The molecular formula is C23H19F2NO6S. The number of carbonyl (C=O) groups excluding carboxylic acids is 2. The predicted molar refractivity (Wildman–Crippen MR) is 116 cm³/mol. The van der Waals surface area contributed by atoms with E-state index in [2.05, 4.69) is 4.72 Å². The third kappa shape index (κ3) is 5.72. The molecule has 1 N–H and O–H groups in total. The van der Waals surface area contributed by atoms with Gasteiger partial charge in [-0.25, -0.2) is 22.0 Å². The smallest absolute Gasteiger partial charge is 0.338 e. The zero-order chi connectivity index (χ0) is 24.2. The number of ether oxygens (including phenoxy) is 2. The van der Waals surface area contributed by atoms with Crippen LogP contribution in [0.3, 0.4) is 0 Å². The van der Waals surface area contributed by atoms with Crippen LogP contribution in [0.2, 0.25) is 0 Å². The van der Waals surface area contributed by atoms with Crippen LogP contribution < -0.4 is 9.46 Å². The fraction of sp³-hybridized carbons (Fsp3) is 0.130. The molecule has 3 aromatic carbocycles. The SMILES string of the molecule is COc1ccc(NS(=O)(=O)c2cccc(C(=O)OC(C)C(=O)c3ccc(F)c(F)c3)c2)cc1. The second kappa shape index (κ2) is 9.78. The number of methoxy groups -OCH3 is 1. The van der Waals surface area contributed by atoms with Gasteiger partial charge in [-0.1, -0.05) is 6.07 Å². The lowest BCUT2D eigenvalue weighted by atomic mass is 10.1. The number of rotatable bonds is 8. The first kappa shape index (κ1) is 23.9. The maximum absolute atomic E-state index is 13.4. The van der Waals surface area contributed by atoms with E-state index < -0.39 is 39.5 Å². The number of benzene rings is 3. The topological polar surface area (TPSA) is 98.8 Å². The highest BCUT2D eigenvalue weighted by atomic mass is 32.2. The van der Waals surface area contributed by atoms with E-state index in [4.69, 9.17) is 9.47 Å². The van der Waals surface area contributed by atoms with E-state index in [0.717, 1.165) is 18.2 Å². The molecule has 0 saturated carbocycles. The summed E-state index contributed by atoms with van der Waals surface area (Å²) in [5.41, 5.74) is 0.00120. The Labute approximate surface area is 189 Å². The number of carbonyl (C=O) groups is 2. The second-order valence-corrected chi connectivity index (χ2v) is 8.58. The van der Waals surface area contributed by atoms with Gasteiger partial charge >= 0.3 is 5.97 Å². The van der Waals surface area contributed by atoms with Crippen molar-refractivity contribution in [3.63, 3.8) is 0 Å². The minimum atomic E-state index is -4.03. The molecule has 0 spiro atoms. The molecule has 7 nitrogen and oxygen atoms in total. The van der Waals surface area contributed by atoms with Crippen molar-refractivity contribution in [3.05, 3.63) is 89.5 Å². The van der Waals surface area contributed by atoms with Gasteiger partial charge in [0.25, 0.3) is 10.0 Å². The van der Waals surface area contributed by atoms with Crippen molar-refractivity contribution in [2.75, 3.05) is 11.8 Å². The molecule has 0 aliphatic rings. The molecule has 3 aromatic rings. The number of Topliss-reactive ketones (excluding diaryl/α,β-unsaturated/α-hetero) is 1. The van der Waals surface area contributed by atoms with Crippen molar-refractivity contribution in [3.8, 4) is 5.75 Å². The summed E-state index contributed by atoms with van der Waals surface area (Å²) in [6.45, 7) is 1.27. The van der Waals surface area contributed by atoms with Gasteiger partial charge in [0.2, 0.25) is 5.78 Å². The van der Waals surface area contributed by atoms with Gasteiger partial charge in [0.1, 0.15) is 5.75 Å². The van der Waals surface area contributed by atoms with E-state index in [1.54, 1.807) is 12.1 Å². The molecule has 0 aliphatic heterocycles. The van der Waals surface area contributed by atoms with E-state index in [1.807, 2.05) is 0 Å². The number of anilines is 1. The van der Waals surface area contributed by atoms with Crippen molar-refractivity contribution in [2.45, 2.75) is 17.9 Å². The van der Waals surface area contributed by atoms with Crippen LogP contribution in [0, 0.1) is 11.6 Å². The van der Waals surface area contributed by atoms with E-state index in [0.29, 0.717) is 11.8 Å². The molecule has 0 fully saturated rings. The van der Waals surface area contributed by atoms with E-state index in [9.17, 15) is 26.8 Å². The third-order valence-electron chi connectivity index (χ3n) is 4.58. The van der Waals surface area contributed by atoms with Crippen LogP contribution in [0.1, 0.15) is 27.6 Å². The van der Waals surface area contributed by atoms with Gasteiger partial charge in [0.05, 0.1) is 17.6 Å². The Morgan fingerprint density at radius 1 is 0.909 bits per heavy atom. The van der Waals surface area contributed by atoms with Crippen LogP contribution in [-0.2, 0) is 14.8 Å². The summed E-state index contributed by atoms with van der Waals surface area (Å²) in [6, 6.07) is 13.8. The normalized spacial score (nSPS) is 12.0. The molecule has 0 radical (unpaired) electrons. The summed E-state index contributed by atoms with van der Waals surface area (Å²) in [6.07, 6.45) is -1.32. The Morgan fingerprint density at radius 3 is 2.24 bits per heavy atom. The number of sulfonamides is 1. The van der Waals surface area contributed by atoms with Crippen LogP contribution in [-0.4, -0.2) is 33.4 Å². The summed E-state index contributed by atoms with van der Waals surface area (Å²) in [7, 11) is -2.55. The van der Waals surface area contributed by atoms with Crippen LogP contribution in [0.25, 0.3) is 0 Å². The fourth-order valence-corrected chi connectivity index (χ4v) is 3.93. The van der Waals surface area contributed by atoms with Crippen LogP contribution in [0.5, 0.6) is 5.75 Å². The molecule has 0 bridgehead atoms. The number of halogens is 2. The van der Waals surface area contributed by atoms with Crippen molar-refractivity contribution >= 4 is 27.5 Å². The van der Waals surface area contributed by atoms with Crippen LogP contribution in [0.15, 0.2) is 71.6 Å². The zero-order valence-corrected chi connectivity index (χ0v) is 18.4. The highest BCUT2D eigenvalue weighted by molar-refractivity contribution is 7.92. The van der Waals surface area contributed by atoms with Gasteiger partial charge in [-0.15, -0.1) is 0 Å². The van der Waals surface area contributed by atoms with Gasteiger partial charge in [0.15, 0.2) is 17.7 Å². The molecule has 10 heteroatoms.